The minimum atomic E-state index is -1.22. The van der Waals surface area contributed by atoms with Crippen LogP contribution >= 0.6 is 0 Å². The van der Waals surface area contributed by atoms with E-state index in [0.717, 1.165) is 37.7 Å². The highest BCUT2D eigenvalue weighted by molar-refractivity contribution is 5.83. The van der Waals surface area contributed by atoms with Crippen molar-refractivity contribution in [2.24, 2.45) is 5.92 Å². The average molecular weight is 368 g/mol. The lowest BCUT2D eigenvalue weighted by atomic mass is 9.82. The van der Waals surface area contributed by atoms with Gasteiger partial charge in [0.05, 0.1) is 6.08 Å². The fraction of sp³-hybridized carbons (Fsp3) is 0.522. The number of aryl methyl sites for hydroxylation is 1. The van der Waals surface area contributed by atoms with Gasteiger partial charge in [0.25, 0.3) is 0 Å². The number of carbonyl (C=O) groups excluding carboxylic acids is 1. The highest BCUT2D eigenvalue weighted by Crippen LogP contribution is 2.39. The molecule has 3 rings (SSSR count). The van der Waals surface area contributed by atoms with E-state index in [1.54, 1.807) is 13.8 Å². The third kappa shape index (κ3) is 4.93. The molecule has 27 heavy (non-hydrogen) atoms. The van der Waals surface area contributed by atoms with Crippen molar-refractivity contribution in [2.45, 2.75) is 70.7 Å². The number of hydrogen-bond donors (Lipinski definition) is 1. The lowest BCUT2D eigenvalue weighted by molar-refractivity contribution is -0.207. The summed E-state index contributed by atoms with van der Waals surface area (Å²) in [5.41, 5.74) is 0.885. The topological polar surface area (TPSA) is 55.8 Å². The number of aliphatic hydroxyl groups is 1. The number of ether oxygens (including phenoxy) is 2. The third-order valence-electron chi connectivity index (χ3n) is 5.23. The first kappa shape index (κ1) is 19.5. The number of esters is 1. The zero-order chi connectivity index (χ0) is 19.5. The van der Waals surface area contributed by atoms with E-state index in [2.05, 4.69) is 30.9 Å². The molecular formula is C23H28O4. The van der Waals surface area contributed by atoms with Gasteiger partial charge in [-0.05, 0) is 42.9 Å². The van der Waals surface area contributed by atoms with Gasteiger partial charge in [0.15, 0.2) is 0 Å². The zero-order valence-corrected chi connectivity index (χ0v) is 16.4. The first-order chi connectivity index (χ1) is 12.8. The number of carbonyl (C=O) groups is 1. The van der Waals surface area contributed by atoms with E-state index in [-0.39, 0.29) is 12.3 Å². The number of hydrogen-bond acceptors (Lipinski definition) is 4. The number of cyclic esters (lactones) is 1. The number of benzene rings is 1. The highest BCUT2D eigenvalue weighted by atomic mass is 16.7. The number of rotatable bonds is 4. The second kappa shape index (κ2) is 7.78. The van der Waals surface area contributed by atoms with Crippen molar-refractivity contribution < 1.29 is 19.4 Å². The first-order valence-corrected chi connectivity index (χ1v) is 9.77. The van der Waals surface area contributed by atoms with Crippen molar-refractivity contribution >= 4 is 5.97 Å². The van der Waals surface area contributed by atoms with Crippen LogP contribution in [-0.4, -0.2) is 22.5 Å². The van der Waals surface area contributed by atoms with Crippen LogP contribution in [0.25, 0.3) is 0 Å². The summed E-state index contributed by atoms with van der Waals surface area (Å²) in [4.78, 5) is 11.8. The van der Waals surface area contributed by atoms with Crippen molar-refractivity contribution in [2.75, 3.05) is 0 Å². The lowest BCUT2D eigenvalue weighted by Gasteiger charge is -2.35. The van der Waals surface area contributed by atoms with Crippen LogP contribution in [0.1, 0.15) is 64.0 Å². The van der Waals surface area contributed by atoms with Gasteiger partial charge in [-0.3, -0.25) is 0 Å². The Morgan fingerprint density at radius 1 is 1.26 bits per heavy atom. The summed E-state index contributed by atoms with van der Waals surface area (Å²) in [6.45, 7) is 5.48. The van der Waals surface area contributed by atoms with Gasteiger partial charge in [-0.1, -0.05) is 43.7 Å². The van der Waals surface area contributed by atoms with Gasteiger partial charge in [0.2, 0.25) is 5.79 Å². The monoisotopic (exact) mass is 368 g/mol. The average Bonchev–Trinajstić information content (AvgIpc) is 3.14. The molecule has 2 aliphatic rings. The molecule has 1 atom stereocenters. The van der Waals surface area contributed by atoms with Gasteiger partial charge < -0.3 is 14.6 Å². The smallest absolute Gasteiger partial charge is 0.337 e. The van der Waals surface area contributed by atoms with Crippen molar-refractivity contribution in [1.82, 2.24) is 0 Å². The summed E-state index contributed by atoms with van der Waals surface area (Å²) in [7, 11) is 0. The molecule has 1 aromatic carbocycles. The second-order valence-corrected chi connectivity index (χ2v) is 7.92. The molecule has 1 heterocycles. The van der Waals surface area contributed by atoms with Crippen LogP contribution in [0.15, 0.2) is 36.1 Å². The molecule has 0 bridgehead atoms. The van der Waals surface area contributed by atoms with E-state index in [1.165, 1.54) is 11.6 Å². The summed E-state index contributed by atoms with van der Waals surface area (Å²) in [5, 5.41) is 11.5. The van der Waals surface area contributed by atoms with Crippen molar-refractivity contribution in [3.05, 3.63) is 47.2 Å². The van der Waals surface area contributed by atoms with Gasteiger partial charge in [-0.15, -0.1) is 0 Å². The van der Waals surface area contributed by atoms with E-state index in [1.807, 2.05) is 12.1 Å². The molecule has 0 saturated heterocycles. The van der Waals surface area contributed by atoms with Gasteiger partial charge in [0, 0.05) is 25.8 Å². The Labute approximate surface area is 161 Å². The summed E-state index contributed by atoms with van der Waals surface area (Å²) in [6, 6.07) is 8.07. The first-order valence-electron chi connectivity index (χ1n) is 9.77. The minimum Gasteiger partial charge on any atom is -0.457 e. The summed E-state index contributed by atoms with van der Waals surface area (Å²) >= 11 is 0. The van der Waals surface area contributed by atoms with E-state index in [9.17, 15) is 9.90 Å². The maximum atomic E-state index is 11.8. The molecule has 1 aliphatic carbocycles. The van der Waals surface area contributed by atoms with Crippen LogP contribution in [0.2, 0.25) is 0 Å². The molecule has 1 fully saturated rings. The van der Waals surface area contributed by atoms with Crippen LogP contribution in [0.5, 0.6) is 0 Å². The van der Waals surface area contributed by atoms with Gasteiger partial charge in [0.1, 0.15) is 11.4 Å². The van der Waals surface area contributed by atoms with E-state index >= 15 is 0 Å². The molecule has 0 aromatic heterocycles. The van der Waals surface area contributed by atoms with E-state index < -0.39 is 17.4 Å². The molecule has 4 heteroatoms. The highest BCUT2D eigenvalue weighted by Gasteiger charge is 2.41. The predicted molar refractivity (Wildman–Crippen MR) is 104 cm³/mol. The van der Waals surface area contributed by atoms with Crippen molar-refractivity contribution in [3.8, 4) is 11.8 Å². The van der Waals surface area contributed by atoms with E-state index in [0.29, 0.717) is 5.76 Å². The largest absolute Gasteiger partial charge is 0.457 e. The van der Waals surface area contributed by atoms with Crippen LogP contribution in [0.3, 0.4) is 0 Å². The molecule has 1 N–H and O–H groups in total. The fourth-order valence-electron chi connectivity index (χ4n) is 3.87. The normalized spacial score (nSPS) is 21.3. The predicted octanol–water partition coefficient (Wildman–Crippen LogP) is 4.11. The molecular weight excluding hydrogens is 340 g/mol. The SMILES string of the molecule is CCc1cccc(C#CC(O)(CC2=CC(=O)OC(C)(C)O2)C2CCCC2)c1. The van der Waals surface area contributed by atoms with Crippen LogP contribution in [0.4, 0.5) is 0 Å². The second-order valence-electron chi connectivity index (χ2n) is 7.92. The Morgan fingerprint density at radius 3 is 2.67 bits per heavy atom. The molecule has 0 amide bonds. The summed E-state index contributed by atoms with van der Waals surface area (Å²) in [5.74, 6) is 5.32. The minimum absolute atomic E-state index is 0.0740. The van der Waals surface area contributed by atoms with Crippen LogP contribution in [0, 0.1) is 17.8 Å². The third-order valence-corrected chi connectivity index (χ3v) is 5.23. The fourth-order valence-corrected chi connectivity index (χ4v) is 3.87. The molecule has 1 aromatic rings. The molecule has 0 radical (unpaired) electrons. The molecule has 0 spiro atoms. The van der Waals surface area contributed by atoms with Gasteiger partial charge in [-0.25, -0.2) is 4.79 Å². The quantitative estimate of drug-likeness (QED) is 0.642. The van der Waals surface area contributed by atoms with E-state index in [4.69, 9.17) is 9.47 Å². The maximum absolute atomic E-state index is 11.8. The summed E-state index contributed by atoms with van der Waals surface area (Å²) < 4.78 is 10.9. The Morgan fingerprint density at radius 2 is 2.00 bits per heavy atom. The Bertz CT molecular complexity index is 790. The van der Waals surface area contributed by atoms with Crippen molar-refractivity contribution in [1.29, 1.82) is 0 Å². The van der Waals surface area contributed by atoms with Crippen LogP contribution in [-0.2, 0) is 20.7 Å². The molecule has 144 valence electrons. The Hall–Kier alpha value is -2.25. The van der Waals surface area contributed by atoms with Crippen molar-refractivity contribution in [3.63, 3.8) is 0 Å². The molecule has 1 aliphatic heterocycles. The Kier molecular flexibility index (Phi) is 5.62. The summed E-state index contributed by atoms with van der Waals surface area (Å²) in [6.07, 6.45) is 6.50. The standard InChI is InChI=1S/C23H28O4/c1-4-17-8-7-9-18(14-17)12-13-23(25,19-10-5-6-11-19)16-20-15-21(24)27-22(2,3)26-20/h7-9,14-15,19,25H,4-6,10-11,16H2,1-3H3. The maximum Gasteiger partial charge on any atom is 0.337 e. The molecule has 4 nitrogen and oxygen atoms in total. The molecule has 1 saturated carbocycles. The lowest BCUT2D eigenvalue weighted by Crippen LogP contribution is -2.40. The van der Waals surface area contributed by atoms with Crippen LogP contribution < -0.4 is 0 Å². The van der Waals surface area contributed by atoms with Gasteiger partial charge in [-0.2, -0.15) is 0 Å². The Balaban J connectivity index is 1.89. The molecule has 1 unspecified atom stereocenters. The zero-order valence-electron chi connectivity index (χ0n) is 16.4. The van der Waals surface area contributed by atoms with Gasteiger partial charge >= 0.3 is 5.97 Å².